The largest absolute Gasteiger partial charge is 0.372 e. The van der Waals surface area contributed by atoms with Gasteiger partial charge in [-0.05, 0) is 61.6 Å². The smallest absolute Gasteiger partial charge is 0.163 e. The number of hydrogen-bond acceptors (Lipinski definition) is 4. The SMILES string of the molecule is CCN(CC)c1ccc([C@@H]2CC(=O)C3=C(C2)Nc2ccccc2N[C@@H]3c2ccccc2)cc1. The highest BCUT2D eigenvalue weighted by molar-refractivity contribution is 6.01. The second-order valence-corrected chi connectivity index (χ2v) is 8.84. The van der Waals surface area contributed by atoms with Crippen molar-refractivity contribution in [3.8, 4) is 0 Å². The molecule has 1 aliphatic carbocycles. The lowest BCUT2D eigenvalue weighted by Gasteiger charge is -2.30. The number of anilines is 3. The number of nitrogens with one attached hydrogen (secondary N) is 2. The highest BCUT2D eigenvalue weighted by Crippen LogP contribution is 2.44. The van der Waals surface area contributed by atoms with Gasteiger partial charge in [0, 0.05) is 36.5 Å². The highest BCUT2D eigenvalue weighted by Gasteiger charge is 2.35. The number of allylic oxidation sites excluding steroid dienone is 1. The van der Waals surface area contributed by atoms with Crippen molar-refractivity contribution >= 4 is 22.8 Å². The van der Waals surface area contributed by atoms with Crippen LogP contribution in [0.25, 0.3) is 0 Å². The Morgan fingerprint density at radius 1 is 0.788 bits per heavy atom. The molecule has 4 nitrogen and oxygen atoms in total. The first-order valence-corrected chi connectivity index (χ1v) is 12.0. The van der Waals surface area contributed by atoms with Gasteiger partial charge in [0.2, 0.25) is 0 Å². The summed E-state index contributed by atoms with van der Waals surface area (Å²) in [4.78, 5) is 16.0. The molecule has 0 unspecified atom stereocenters. The molecule has 0 saturated heterocycles. The fourth-order valence-electron chi connectivity index (χ4n) is 5.17. The summed E-state index contributed by atoms with van der Waals surface area (Å²) in [5.74, 6) is 0.395. The van der Waals surface area contributed by atoms with E-state index in [1.54, 1.807) is 0 Å². The van der Waals surface area contributed by atoms with Gasteiger partial charge in [-0.1, -0.05) is 54.6 Å². The van der Waals surface area contributed by atoms with Gasteiger partial charge in [0.25, 0.3) is 0 Å². The van der Waals surface area contributed by atoms with Gasteiger partial charge in [-0.3, -0.25) is 4.79 Å². The van der Waals surface area contributed by atoms with E-state index in [2.05, 4.69) is 77.9 Å². The van der Waals surface area contributed by atoms with Gasteiger partial charge in [0.15, 0.2) is 5.78 Å². The Morgan fingerprint density at radius 2 is 1.45 bits per heavy atom. The third-order valence-electron chi connectivity index (χ3n) is 6.93. The first-order valence-electron chi connectivity index (χ1n) is 12.0. The first kappa shape index (κ1) is 21.3. The van der Waals surface area contributed by atoms with Gasteiger partial charge < -0.3 is 15.5 Å². The van der Waals surface area contributed by atoms with E-state index in [4.69, 9.17) is 0 Å². The summed E-state index contributed by atoms with van der Waals surface area (Å²) < 4.78 is 0. The number of hydrogen-bond donors (Lipinski definition) is 2. The predicted molar refractivity (Wildman–Crippen MR) is 137 cm³/mol. The van der Waals surface area contributed by atoms with Crippen LogP contribution in [0.2, 0.25) is 0 Å². The zero-order valence-corrected chi connectivity index (χ0v) is 19.3. The quantitative estimate of drug-likeness (QED) is 0.477. The molecule has 3 aromatic rings. The number of Topliss-reactive ketones (excluding diaryl/α,β-unsaturated/α-hetero) is 1. The molecule has 1 aliphatic heterocycles. The molecule has 0 spiro atoms. The number of benzene rings is 3. The summed E-state index contributed by atoms with van der Waals surface area (Å²) in [5.41, 5.74) is 7.53. The van der Waals surface area contributed by atoms with Crippen LogP contribution < -0.4 is 15.5 Å². The Bertz CT molecular complexity index is 1160. The molecule has 3 aromatic carbocycles. The normalized spacial score (nSPS) is 19.6. The molecule has 2 N–H and O–H groups in total. The zero-order valence-electron chi connectivity index (χ0n) is 19.3. The van der Waals surface area contributed by atoms with E-state index in [-0.39, 0.29) is 17.7 Å². The van der Waals surface area contributed by atoms with Crippen LogP contribution in [-0.4, -0.2) is 18.9 Å². The lowest BCUT2D eigenvalue weighted by Crippen LogP contribution is -2.27. The van der Waals surface area contributed by atoms with Crippen molar-refractivity contribution in [2.24, 2.45) is 0 Å². The van der Waals surface area contributed by atoms with Gasteiger partial charge in [-0.25, -0.2) is 0 Å². The molecule has 0 amide bonds. The van der Waals surface area contributed by atoms with Crippen LogP contribution in [0.3, 0.4) is 0 Å². The Kier molecular flexibility index (Phi) is 5.91. The molecule has 0 radical (unpaired) electrons. The van der Waals surface area contributed by atoms with E-state index in [0.717, 1.165) is 47.7 Å². The summed E-state index contributed by atoms with van der Waals surface area (Å²) in [7, 11) is 0. The van der Waals surface area contributed by atoms with Crippen molar-refractivity contribution in [2.45, 2.75) is 38.6 Å². The van der Waals surface area contributed by atoms with E-state index in [0.29, 0.717) is 6.42 Å². The molecule has 0 saturated carbocycles. The lowest BCUT2D eigenvalue weighted by atomic mass is 9.78. The molecule has 0 fully saturated rings. The molecule has 2 aliphatic rings. The van der Waals surface area contributed by atoms with Crippen LogP contribution >= 0.6 is 0 Å². The second kappa shape index (κ2) is 9.14. The minimum absolute atomic E-state index is 0.157. The predicted octanol–water partition coefficient (Wildman–Crippen LogP) is 6.51. The number of rotatable bonds is 5. The fourth-order valence-corrected chi connectivity index (χ4v) is 5.17. The van der Waals surface area contributed by atoms with Gasteiger partial charge in [0.1, 0.15) is 0 Å². The highest BCUT2D eigenvalue weighted by atomic mass is 16.1. The van der Waals surface area contributed by atoms with E-state index >= 15 is 0 Å². The average Bonchev–Trinajstić information content (AvgIpc) is 3.03. The van der Waals surface area contributed by atoms with Crippen molar-refractivity contribution in [3.63, 3.8) is 0 Å². The molecule has 33 heavy (non-hydrogen) atoms. The molecule has 0 bridgehead atoms. The third kappa shape index (κ3) is 4.13. The monoisotopic (exact) mass is 437 g/mol. The van der Waals surface area contributed by atoms with Crippen LogP contribution in [0.15, 0.2) is 90.1 Å². The summed E-state index contributed by atoms with van der Waals surface area (Å²) in [6.07, 6.45) is 1.36. The van der Waals surface area contributed by atoms with Crippen LogP contribution in [0.4, 0.5) is 17.1 Å². The van der Waals surface area contributed by atoms with Crippen molar-refractivity contribution in [1.82, 2.24) is 0 Å². The third-order valence-corrected chi connectivity index (χ3v) is 6.93. The Morgan fingerprint density at radius 3 is 2.15 bits per heavy atom. The van der Waals surface area contributed by atoms with Crippen molar-refractivity contribution in [3.05, 3.63) is 101 Å². The van der Waals surface area contributed by atoms with Crippen LogP contribution in [0.1, 0.15) is 49.8 Å². The topological polar surface area (TPSA) is 44.4 Å². The van der Waals surface area contributed by atoms with E-state index in [1.165, 1.54) is 11.3 Å². The van der Waals surface area contributed by atoms with E-state index in [1.807, 2.05) is 30.3 Å². The minimum Gasteiger partial charge on any atom is -0.372 e. The number of nitrogens with zero attached hydrogens (tertiary/aromatic N) is 1. The first-order chi connectivity index (χ1) is 16.2. The summed E-state index contributed by atoms with van der Waals surface area (Å²) >= 11 is 0. The molecule has 4 heteroatoms. The molecular formula is C29H31N3O. The summed E-state index contributed by atoms with van der Waals surface area (Å²) in [6, 6.07) is 27.1. The zero-order chi connectivity index (χ0) is 22.8. The summed E-state index contributed by atoms with van der Waals surface area (Å²) in [6.45, 7) is 6.34. The maximum absolute atomic E-state index is 13.6. The summed E-state index contributed by atoms with van der Waals surface area (Å²) in [5, 5.41) is 7.27. The number of carbonyl (C=O) groups excluding carboxylic acids is 1. The molecule has 5 rings (SSSR count). The Labute approximate surface area is 196 Å². The lowest BCUT2D eigenvalue weighted by molar-refractivity contribution is -0.116. The number of ketones is 1. The molecule has 1 heterocycles. The van der Waals surface area contributed by atoms with Crippen molar-refractivity contribution in [2.75, 3.05) is 28.6 Å². The molecule has 168 valence electrons. The van der Waals surface area contributed by atoms with E-state index in [9.17, 15) is 4.79 Å². The number of fused-ring (bicyclic) bond motifs is 1. The second-order valence-electron chi connectivity index (χ2n) is 8.84. The molecular weight excluding hydrogens is 406 g/mol. The maximum Gasteiger partial charge on any atom is 0.163 e. The molecule has 2 atom stereocenters. The van der Waals surface area contributed by atoms with Crippen LogP contribution in [0.5, 0.6) is 0 Å². The van der Waals surface area contributed by atoms with Gasteiger partial charge in [-0.2, -0.15) is 0 Å². The Balaban J connectivity index is 1.51. The van der Waals surface area contributed by atoms with Gasteiger partial charge in [-0.15, -0.1) is 0 Å². The fraction of sp³-hybridized carbons (Fsp3) is 0.276. The Hall–Kier alpha value is -3.53. The standard InChI is InChI=1S/C29H31N3O/c1-3-32(4-2)23-16-14-20(15-17-23)22-18-26-28(27(33)19-22)29(21-10-6-5-7-11-21)31-25-13-9-8-12-24(25)30-26/h5-17,22,29-31H,3-4,18-19H2,1-2H3/t22-,29+/m0/s1. The van der Waals surface area contributed by atoms with Crippen LogP contribution in [0, 0.1) is 0 Å². The number of carbonyl (C=O) groups is 1. The van der Waals surface area contributed by atoms with E-state index < -0.39 is 0 Å². The maximum atomic E-state index is 13.6. The average molecular weight is 438 g/mol. The van der Waals surface area contributed by atoms with Gasteiger partial charge in [0.05, 0.1) is 17.4 Å². The molecule has 0 aromatic heterocycles. The van der Waals surface area contributed by atoms with Crippen molar-refractivity contribution < 1.29 is 4.79 Å². The van der Waals surface area contributed by atoms with Crippen LogP contribution in [-0.2, 0) is 4.79 Å². The number of para-hydroxylation sites is 2. The van der Waals surface area contributed by atoms with Crippen molar-refractivity contribution in [1.29, 1.82) is 0 Å². The van der Waals surface area contributed by atoms with Gasteiger partial charge >= 0.3 is 0 Å². The minimum atomic E-state index is -0.157.